The Morgan fingerprint density at radius 2 is 1.84 bits per heavy atom. The maximum Gasteiger partial charge on any atom is 0.270 e. The van der Waals surface area contributed by atoms with E-state index in [0.717, 1.165) is 44.6 Å². The molecule has 0 bridgehead atoms. The molecule has 106 valence electrons. The molecule has 0 aliphatic carbocycles. The Bertz CT molecular complexity index is 378. The number of alkyl halides is 2. The third kappa shape index (κ3) is 4.46. The van der Waals surface area contributed by atoms with Crippen molar-refractivity contribution in [1.82, 2.24) is 5.32 Å². The molecule has 0 amide bonds. The average molecular weight is 268 g/mol. The van der Waals surface area contributed by atoms with Crippen molar-refractivity contribution in [3.63, 3.8) is 0 Å². The summed E-state index contributed by atoms with van der Waals surface area (Å²) in [6.07, 6.45) is 3.62. The highest BCUT2D eigenvalue weighted by Gasteiger charge is 2.23. The summed E-state index contributed by atoms with van der Waals surface area (Å²) in [5.74, 6) is -1.97. The summed E-state index contributed by atoms with van der Waals surface area (Å²) >= 11 is 0. The van der Waals surface area contributed by atoms with Crippen molar-refractivity contribution >= 4 is 5.69 Å². The molecule has 0 aromatic heterocycles. The molecule has 1 aromatic rings. The smallest absolute Gasteiger partial charge is 0.270 e. The van der Waals surface area contributed by atoms with Crippen LogP contribution in [0.4, 0.5) is 14.5 Å². The van der Waals surface area contributed by atoms with Crippen LogP contribution in [0.25, 0.3) is 0 Å². The van der Waals surface area contributed by atoms with Gasteiger partial charge in [0.15, 0.2) is 0 Å². The zero-order valence-corrected chi connectivity index (χ0v) is 11.4. The zero-order chi connectivity index (χ0) is 13.7. The highest BCUT2D eigenvalue weighted by atomic mass is 19.3. The second-order valence-corrected chi connectivity index (χ2v) is 5.37. The Hall–Kier alpha value is -1.16. The lowest BCUT2D eigenvalue weighted by Crippen LogP contribution is -2.28. The Balaban J connectivity index is 1.76. The average Bonchev–Trinajstić information content (AvgIpc) is 2.39. The van der Waals surface area contributed by atoms with Crippen molar-refractivity contribution in [3.05, 3.63) is 29.8 Å². The van der Waals surface area contributed by atoms with E-state index in [2.05, 4.69) is 10.6 Å². The van der Waals surface area contributed by atoms with Crippen LogP contribution in [-0.2, 0) is 5.92 Å². The standard InChI is InChI=1S/C15H22F2N2/c1-15(16,17)13-2-4-14(5-3-13)19-11-8-12-6-9-18-10-7-12/h2-5,12,18-19H,6-11H2,1H3. The predicted octanol–water partition coefficient (Wildman–Crippen LogP) is 3.60. The van der Waals surface area contributed by atoms with Gasteiger partial charge in [0.2, 0.25) is 0 Å². The van der Waals surface area contributed by atoms with Crippen molar-refractivity contribution in [2.45, 2.75) is 32.1 Å². The van der Waals surface area contributed by atoms with Crippen LogP contribution in [0.1, 0.15) is 31.7 Å². The number of hydrogen-bond acceptors (Lipinski definition) is 2. The van der Waals surface area contributed by atoms with Crippen molar-refractivity contribution in [2.24, 2.45) is 5.92 Å². The minimum Gasteiger partial charge on any atom is -0.385 e. The lowest BCUT2D eigenvalue weighted by molar-refractivity contribution is 0.0175. The summed E-state index contributed by atoms with van der Waals surface area (Å²) in [7, 11) is 0. The number of rotatable bonds is 5. The van der Waals surface area contributed by atoms with Crippen LogP contribution in [0.5, 0.6) is 0 Å². The number of hydrogen-bond donors (Lipinski definition) is 2. The Kier molecular flexibility index (Phi) is 4.75. The Labute approximate surface area is 113 Å². The molecule has 1 aliphatic heterocycles. The van der Waals surface area contributed by atoms with Gasteiger partial charge in [-0.05, 0) is 50.4 Å². The van der Waals surface area contributed by atoms with Crippen LogP contribution in [0, 0.1) is 5.92 Å². The quantitative estimate of drug-likeness (QED) is 0.852. The second-order valence-electron chi connectivity index (χ2n) is 5.37. The van der Waals surface area contributed by atoms with Gasteiger partial charge >= 0.3 is 0 Å². The third-order valence-corrected chi connectivity index (χ3v) is 3.73. The molecular formula is C15H22F2N2. The molecule has 2 nitrogen and oxygen atoms in total. The molecule has 19 heavy (non-hydrogen) atoms. The van der Waals surface area contributed by atoms with E-state index in [1.54, 1.807) is 12.1 Å². The topological polar surface area (TPSA) is 24.1 Å². The molecule has 0 radical (unpaired) electrons. The van der Waals surface area contributed by atoms with Gasteiger partial charge in [-0.25, -0.2) is 8.78 Å². The number of benzene rings is 1. The van der Waals surface area contributed by atoms with E-state index >= 15 is 0 Å². The monoisotopic (exact) mass is 268 g/mol. The normalized spacial score (nSPS) is 17.4. The van der Waals surface area contributed by atoms with Gasteiger partial charge in [0.05, 0.1) is 0 Å². The molecule has 1 aliphatic rings. The molecule has 0 spiro atoms. The second kappa shape index (κ2) is 6.33. The molecule has 1 heterocycles. The van der Waals surface area contributed by atoms with Gasteiger partial charge in [0.1, 0.15) is 0 Å². The van der Waals surface area contributed by atoms with Crippen LogP contribution in [0.3, 0.4) is 0 Å². The van der Waals surface area contributed by atoms with Gasteiger partial charge in [-0.2, -0.15) is 0 Å². The van der Waals surface area contributed by atoms with E-state index in [9.17, 15) is 8.78 Å². The van der Waals surface area contributed by atoms with E-state index < -0.39 is 5.92 Å². The predicted molar refractivity (Wildman–Crippen MR) is 74.7 cm³/mol. The fourth-order valence-corrected chi connectivity index (χ4v) is 2.47. The van der Waals surface area contributed by atoms with Crippen LogP contribution in [-0.4, -0.2) is 19.6 Å². The molecule has 0 unspecified atom stereocenters. The third-order valence-electron chi connectivity index (χ3n) is 3.73. The molecule has 2 rings (SSSR count). The van der Waals surface area contributed by atoms with Crippen molar-refractivity contribution in [3.8, 4) is 0 Å². The zero-order valence-electron chi connectivity index (χ0n) is 11.4. The number of anilines is 1. The maximum absolute atomic E-state index is 13.1. The lowest BCUT2D eigenvalue weighted by Gasteiger charge is -2.22. The molecule has 2 N–H and O–H groups in total. The summed E-state index contributed by atoms with van der Waals surface area (Å²) in [5, 5.41) is 6.66. The highest BCUT2D eigenvalue weighted by molar-refractivity contribution is 5.45. The lowest BCUT2D eigenvalue weighted by atomic mass is 9.95. The van der Waals surface area contributed by atoms with Gasteiger partial charge in [-0.3, -0.25) is 0 Å². The van der Waals surface area contributed by atoms with E-state index in [1.807, 2.05) is 0 Å². The van der Waals surface area contributed by atoms with Crippen LogP contribution >= 0.6 is 0 Å². The summed E-state index contributed by atoms with van der Waals surface area (Å²) < 4.78 is 26.1. The summed E-state index contributed by atoms with van der Waals surface area (Å²) in [4.78, 5) is 0. The number of halogens is 2. The highest BCUT2D eigenvalue weighted by Crippen LogP contribution is 2.27. The Morgan fingerprint density at radius 3 is 2.42 bits per heavy atom. The van der Waals surface area contributed by atoms with Crippen LogP contribution in [0.15, 0.2) is 24.3 Å². The summed E-state index contributed by atoms with van der Waals surface area (Å²) in [6.45, 7) is 4.06. The first-order valence-electron chi connectivity index (χ1n) is 6.98. The molecule has 0 saturated carbocycles. The van der Waals surface area contributed by atoms with Crippen molar-refractivity contribution in [2.75, 3.05) is 25.0 Å². The fraction of sp³-hybridized carbons (Fsp3) is 0.600. The minimum atomic E-state index is -2.76. The van der Waals surface area contributed by atoms with E-state index in [4.69, 9.17) is 0 Å². The first-order valence-corrected chi connectivity index (χ1v) is 6.98. The molecule has 4 heteroatoms. The van der Waals surface area contributed by atoms with Crippen LogP contribution < -0.4 is 10.6 Å². The molecule has 1 fully saturated rings. The minimum absolute atomic E-state index is 0.0661. The fourth-order valence-electron chi connectivity index (χ4n) is 2.47. The first kappa shape index (κ1) is 14.3. The van der Waals surface area contributed by atoms with Gasteiger partial charge in [-0.1, -0.05) is 12.1 Å². The largest absolute Gasteiger partial charge is 0.385 e. The van der Waals surface area contributed by atoms with Gasteiger partial charge in [-0.15, -0.1) is 0 Å². The first-order chi connectivity index (χ1) is 9.05. The molecule has 0 atom stereocenters. The van der Waals surface area contributed by atoms with Crippen LogP contribution in [0.2, 0.25) is 0 Å². The van der Waals surface area contributed by atoms with Gasteiger partial charge in [0.25, 0.3) is 5.92 Å². The van der Waals surface area contributed by atoms with Crippen molar-refractivity contribution in [1.29, 1.82) is 0 Å². The molecular weight excluding hydrogens is 246 g/mol. The van der Waals surface area contributed by atoms with Crippen molar-refractivity contribution < 1.29 is 8.78 Å². The van der Waals surface area contributed by atoms with E-state index in [-0.39, 0.29) is 5.56 Å². The number of nitrogens with one attached hydrogen (secondary N) is 2. The summed E-state index contributed by atoms with van der Waals surface area (Å²) in [6, 6.07) is 6.45. The SMILES string of the molecule is CC(F)(F)c1ccc(NCCC2CCNCC2)cc1. The molecule has 1 aromatic carbocycles. The van der Waals surface area contributed by atoms with E-state index in [0.29, 0.717) is 0 Å². The number of piperidine rings is 1. The Morgan fingerprint density at radius 1 is 1.21 bits per heavy atom. The summed E-state index contributed by atoms with van der Waals surface area (Å²) in [5.41, 5.74) is 0.985. The van der Waals surface area contributed by atoms with E-state index in [1.165, 1.54) is 25.0 Å². The maximum atomic E-state index is 13.1. The van der Waals surface area contributed by atoms with Gasteiger partial charge < -0.3 is 10.6 Å². The molecule has 1 saturated heterocycles. The van der Waals surface area contributed by atoms with Gasteiger partial charge in [0, 0.05) is 24.7 Å².